The molecule has 1 aliphatic carbocycles. The van der Waals surface area contributed by atoms with Crippen molar-refractivity contribution in [2.45, 2.75) is 24.2 Å². The van der Waals surface area contributed by atoms with Gasteiger partial charge in [-0.05, 0) is 60.5 Å². The van der Waals surface area contributed by atoms with Crippen LogP contribution in [0.3, 0.4) is 0 Å². The van der Waals surface area contributed by atoms with Crippen LogP contribution in [0.15, 0.2) is 87.3 Å². The minimum atomic E-state index is -3.73. The molecule has 0 radical (unpaired) electrons. The van der Waals surface area contributed by atoms with E-state index in [-0.39, 0.29) is 23.0 Å². The highest BCUT2D eigenvalue weighted by Gasteiger charge is 2.47. The Morgan fingerprint density at radius 3 is 2.76 bits per heavy atom. The van der Waals surface area contributed by atoms with Crippen LogP contribution in [0.25, 0.3) is 0 Å². The smallest absolute Gasteiger partial charge is 0.240 e. The Bertz CT molecular complexity index is 1450. The molecular formula is C26H25ClFN5O3S. The van der Waals surface area contributed by atoms with Gasteiger partial charge in [-0.2, -0.15) is 0 Å². The van der Waals surface area contributed by atoms with Gasteiger partial charge in [0.1, 0.15) is 11.6 Å². The lowest BCUT2D eigenvalue weighted by atomic mass is 9.72. The van der Waals surface area contributed by atoms with Gasteiger partial charge in [-0.3, -0.25) is 9.21 Å². The quantitative estimate of drug-likeness (QED) is 0.541. The van der Waals surface area contributed by atoms with Crippen LogP contribution in [0.4, 0.5) is 10.1 Å². The number of carbonyl (C=O) groups excluding carboxylic acids is 1. The predicted molar refractivity (Wildman–Crippen MR) is 142 cm³/mol. The van der Waals surface area contributed by atoms with Gasteiger partial charge in [0.15, 0.2) is 0 Å². The molecule has 1 atom stereocenters. The van der Waals surface area contributed by atoms with Crippen molar-refractivity contribution in [3.63, 3.8) is 0 Å². The molecule has 3 aliphatic rings. The number of sulfonamides is 1. The lowest BCUT2D eigenvalue weighted by Crippen LogP contribution is -2.44. The van der Waals surface area contributed by atoms with Gasteiger partial charge in [0.05, 0.1) is 22.6 Å². The standard InChI is InChI=1S/C26H25ClFN5O3S/c27-33-14-12-21(34)16-26-17-29-25(32-23(26)5-2-6-24(26)33)31-20-7-9-22(10-8-20)37(35,36)30-13-11-18-3-1-4-19(28)15-18/h1-10,15,30H,11-14,16-17H2,(H,29,31). The van der Waals surface area contributed by atoms with Crippen molar-refractivity contribution in [2.24, 2.45) is 15.4 Å². The van der Waals surface area contributed by atoms with Crippen LogP contribution in [0.5, 0.6) is 0 Å². The third kappa shape index (κ3) is 5.36. The molecule has 1 saturated heterocycles. The SMILES string of the molecule is O=C1CCN(Cl)C2=CC=CC3=NC(Nc4ccc(S(=O)(=O)NCCc5cccc(F)c5)cc4)=NCC23C1. The molecule has 8 nitrogen and oxygen atoms in total. The van der Waals surface area contributed by atoms with Gasteiger partial charge in [-0.1, -0.05) is 18.2 Å². The Morgan fingerprint density at radius 1 is 1.16 bits per heavy atom. The van der Waals surface area contributed by atoms with E-state index in [1.807, 2.05) is 18.2 Å². The summed E-state index contributed by atoms with van der Waals surface area (Å²) >= 11 is 6.45. The molecule has 2 aliphatic heterocycles. The van der Waals surface area contributed by atoms with E-state index >= 15 is 0 Å². The minimum absolute atomic E-state index is 0.109. The number of nitrogens with zero attached hydrogens (tertiary/aromatic N) is 3. The number of anilines is 1. The number of aliphatic imine (C=N–C) groups is 2. The van der Waals surface area contributed by atoms with Crippen LogP contribution in [0, 0.1) is 11.2 Å². The zero-order valence-corrected chi connectivity index (χ0v) is 21.4. The molecule has 0 bridgehead atoms. The molecule has 2 N–H and O–H groups in total. The average Bonchev–Trinajstić information content (AvgIpc) is 2.99. The molecule has 1 spiro atoms. The van der Waals surface area contributed by atoms with Crippen LogP contribution < -0.4 is 10.0 Å². The van der Waals surface area contributed by atoms with Gasteiger partial charge >= 0.3 is 0 Å². The van der Waals surface area contributed by atoms with Crippen molar-refractivity contribution in [3.8, 4) is 0 Å². The summed E-state index contributed by atoms with van der Waals surface area (Å²) in [7, 11) is -3.73. The predicted octanol–water partition coefficient (Wildman–Crippen LogP) is 3.83. The average molecular weight is 542 g/mol. The number of benzene rings is 2. The van der Waals surface area contributed by atoms with Crippen molar-refractivity contribution in [2.75, 3.05) is 25.0 Å². The number of ketones is 1. The van der Waals surface area contributed by atoms with E-state index < -0.39 is 15.4 Å². The molecule has 11 heteroatoms. The number of nitrogens with one attached hydrogen (secondary N) is 2. The maximum atomic E-state index is 13.3. The summed E-state index contributed by atoms with van der Waals surface area (Å²) in [6.45, 7) is 0.911. The van der Waals surface area contributed by atoms with E-state index in [0.29, 0.717) is 55.3 Å². The highest BCUT2D eigenvalue weighted by atomic mass is 35.5. The number of allylic oxidation sites excluding steroid dienone is 3. The fraction of sp³-hybridized carbons (Fsp3) is 0.269. The van der Waals surface area contributed by atoms with Crippen molar-refractivity contribution in [1.29, 1.82) is 0 Å². The van der Waals surface area contributed by atoms with E-state index in [1.54, 1.807) is 28.7 Å². The molecular weight excluding hydrogens is 517 g/mol. The first kappa shape index (κ1) is 25.3. The Balaban J connectivity index is 1.25. The van der Waals surface area contributed by atoms with Gasteiger partial charge in [-0.15, -0.1) is 0 Å². The van der Waals surface area contributed by atoms with E-state index in [4.69, 9.17) is 11.8 Å². The molecule has 192 valence electrons. The van der Waals surface area contributed by atoms with Crippen molar-refractivity contribution in [1.82, 2.24) is 9.14 Å². The zero-order chi connectivity index (χ0) is 26.0. The van der Waals surface area contributed by atoms with Crippen molar-refractivity contribution < 1.29 is 17.6 Å². The normalized spacial score (nSPS) is 21.3. The third-order valence-corrected chi connectivity index (χ3v) is 8.40. The summed E-state index contributed by atoms with van der Waals surface area (Å²) in [6.07, 6.45) is 6.68. The number of Topliss-reactive ketones (excluding diaryl/α,β-unsaturated/α-hetero) is 1. The fourth-order valence-electron chi connectivity index (χ4n) is 4.68. The van der Waals surface area contributed by atoms with Crippen LogP contribution >= 0.6 is 11.8 Å². The van der Waals surface area contributed by atoms with E-state index in [9.17, 15) is 17.6 Å². The van der Waals surface area contributed by atoms with Gasteiger partial charge in [0, 0.05) is 49.1 Å². The van der Waals surface area contributed by atoms with Crippen LogP contribution in [0.1, 0.15) is 18.4 Å². The largest absolute Gasteiger partial charge is 0.324 e. The van der Waals surface area contributed by atoms with Gasteiger partial charge in [-0.25, -0.2) is 27.5 Å². The zero-order valence-electron chi connectivity index (χ0n) is 19.8. The monoisotopic (exact) mass is 541 g/mol. The fourth-order valence-corrected chi connectivity index (χ4v) is 6.02. The summed E-state index contributed by atoms with van der Waals surface area (Å²) in [4.78, 5) is 21.8. The maximum absolute atomic E-state index is 13.3. The Morgan fingerprint density at radius 2 is 1.97 bits per heavy atom. The van der Waals surface area contributed by atoms with E-state index in [1.165, 1.54) is 24.3 Å². The summed E-state index contributed by atoms with van der Waals surface area (Å²) in [6, 6.07) is 12.3. The molecule has 0 aromatic heterocycles. The number of halogens is 2. The van der Waals surface area contributed by atoms with Gasteiger partial charge < -0.3 is 5.32 Å². The molecule has 0 saturated carbocycles. The summed E-state index contributed by atoms with van der Waals surface area (Å²) in [5.41, 5.74) is 2.18. The van der Waals surface area contributed by atoms with Crippen LogP contribution in [-0.2, 0) is 21.2 Å². The molecule has 1 unspecified atom stereocenters. The first-order valence-electron chi connectivity index (χ1n) is 11.8. The molecule has 0 amide bonds. The number of guanidine groups is 1. The number of rotatable bonds is 6. The first-order valence-corrected chi connectivity index (χ1v) is 13.7. The molecule has 1 fully saturated rings. The topological polar surface area (TPSA) is 103 Å². The number of hydrogen-bond acceptors (Lipinski definition) is 7. The third-order valence-electron chi connectivity index (χ3n) is 6.58. The highest BCUT2D eigenvalue weighted by Crippen LogP contribution is 2.43. The molecule has 2 aromatic carbocycles. The summed E-state index contributed by atoms with van der Waals surface area (Å²) in [5.74, 6) is 0.129. The van der Waals surface area contributed by atoms with E-state index in [2.05, 4.69) is 20.0 Å². The first-order chi connectivity index (χ1) is 17.7. The van der Waals surface area contributed by atoms with E-state index in [0.717, 1.165) is 5.70 Å². The number of hydrogen-bond donors (Lipinski definition) is 2. The lowest BCUT2D eigenvalue weighted by molar-refractivity contribution is -0.119. The van der Waals surface area contributed by atoms with Crippen molar-refractivity contribution in [3.05, 3.63) is 83.8 Å². The second-order valence-corrected chi connectivity index (χ2v) is 11.3. The number of carbonyl (C=O) groups is 1. The van der Waals surface area contributed by atoms with Gasteiger partial charge in [0.25, 0.3) is 0 Å². The Hall–Kier alpha value is -3.34. The van der Waals surface area contributed by atoms with Gasteiger partial charge in [0.2, 0.25) is 16.0 Å². The van der Waals surface area contributed by atoms with Crippen LogP contribution in [-0.4, -0.2) is 49.9 Å². The minimum Gasteiger partial charge on any atom is -0.324 e. The van der Waals surface area contributed by atoms with Crippen molar-refractivity contribution >= 4 is 44.9 Å². The maximum Gasteiger partial charge on any atom is 0.240 e. The molecule has 5 rings (SSSR count). The highest BCUT2D eigenvalue weighted by molar-refractivity contribution is 7.89. The molecule has 2 heterocycles. The summed E-state index contributed by atoms with van der Waals surface area (Å²) < 4.78 is 42.8. The molecule has 37 heavy (non-hydrogen) atoms. The second-order valence-electron chi connectivity index (χ2n) is 9.11. The van der Waals surface area contributed by atoms with Crippen LogP contribution in [0.2, 0.25) is 0 Å². The Labute approximate surface area is 219 Å². The summed E-state index contributed by atoms with van der Waals surface area (Å²) in [5, 5.41) is 3.12. The lowest BCUT2D eigenvalue weighted by Gasteiger charge is -2.39. The Kier molecular flexibility index (Phi) is 6.98. The second kappa shape index (κ2) is 10.2. The molecule has 2 aromatic rings.